The monoisotopic (exact) mass is 217 g/mol. The molecule has 2 rings (SSSR count). The molecule has 1 saturated carbocycles. The second-order valence-electron chi connectivity index (χ2n) is 4.44. The fourth-order valence-corrected chi connectivity index (χ4v) is 1.93. The number of aliphatic hydroxyl groups excluding tert-OH is 1. The van der Waals surface area contributed by atoms with Crippen molar-refractivity contribution < 1.29 is 5.11 Å². The van der Waals surface area contributed by atoms with Crippen molar-refractivity contribution in [1.29, 1.82) is 0 Å². The van der Waals surface area contributed by atoms with E-state index in [0.717, 1.165) is 12.1 Å². The quantitative estimate of drug-likeness (QED) is 0.767. The molecule has 1 fully saturated rings. The van der Waals surface area contributed by atoms with Gasteiger partial charge in [0.15, 0.2) is 0 Å². The Bertz CT molecular complexity index is 352. The van der Waals surface area contributed by atoms with Crippen molar-refractivity contribution in [3.05, 3.63) is 42.5 Å². The van der Waals surface area contributed by atoms with E-state index in [4.69, 9.17) is 0 Å². The Labute approximate surface area is 97.2 Å². The maximum atomic E-state index is 9.45. The smallest absolute Gasteiger partial charge is 0.0761 e. The molecule has 1 atom stereocenters. The predicted molar refractivity (Wildman–Crippen MR) is 67.6 cm³/mol. The first-order valence-electron chi connectivity index (χ1n) is 5.88. The van der Waals surface area contributed by atoms with Crippen LogP contribution in [0.1, 0.15) is 31.4 Å². The molecule has 86 valence electrons. The summed E-state index contributed by atoms with van der Waals surface area (Å²) in [5.74, 6) is 0. The molecule has 0 bridgehead atoms. The second kappa shape index (κ2) is 4.71. The third-order valence-electron chi connectivity index (χ3n) is 3.02. The molecule has 0 amide bonds. The van der Waals surface area contributed by atoms with Gasteiger partial charge in [0.05, 0.1) is 6.10 Å². The van der Waals surface area contributed by atoms with Gasteiger partial charge in [0.2, 0.25) is 0 Å². The van der Waals surface area contributed by atoms with Crippen molar-refractivity contribution >= 4 is 5.69 Å². The molecule has 0 unspecified atom stereocenters. The third-order valence-corrected chi connectivity index (χ3v) is 3.02. The fourth-order valence-electron chi connectivity index (χ4n) is 1.93. The molecule has 16 heavy (non-hydrogen) atoms. The first-order chi connectivity index (χ1) is 7.72. The van der Waals surface area contributed by atoms with Gasteiger partial charge in [-0.05, 0) is 37.5 Å². The SMILES string of the molecule is C=CCN(c1ccc([C@H](C)O)cc1)C1CC1. The van der Waals surface area contributed by atoms with Crippen LogP contribution in [0.5, 0.6) is 0 Å². The molecule has 0 heterocycles. The second-order valence-corrected chi connectivity index (χ2v) is 4.44. The summed E-state index contributed by atoms with van der Waals surface area (Å²) >= 11 is 0. The van der Waals surface area contributed by atoms with E-state index in [2.05, 4.69) is 23.6 Å². The van der Waals surface area contributed by atoms with E-state index < -0.39 is 0 Å². The van der Waals surface area contributed by atoms with Gasteiger partial charge in [-0.2, -0.15) is 0 Å². The van der Waals surface area contributed by atoms with Crippen LogP contribution in [0.25, 0.3) is 0 Å². The Hall–Kier alpha value is -1.28. The van der Waals surface area contributed by atoms with Crippen LogP contribution in [0.3, 0.4) is 0 Å². The average Bonchev–Trinajstić information content (AvgIpc) is 3.10. The summed E-state index contributed by atoms with van der Waals surface area (Å²) in [5.41, 5.74) is 2.20. The topological polar surface area (TPSA) is 23.5 Å². The summed E-state index contributed by atoms with van der Waals surface area (Å²) in [7, 11) is 0. The molecule has 1 N–H and O–H groups in total. The number of nitrogens with zero attached hydrogens (tertiary/aromatic N) is 1. The van der Waals surface area contributed by atoms with Crippen LogP contribution >= 0.6 is 0 Å². The van der Waals surface area contributed by atoms with Gasteiger partial charge in [-0.15, -0.1) is 6.58 Å². The van der Waals surface area contributed by atoms with Crippen molar-refractivity contribution in [2.24, 2.45) is 0 Å². The van der Waals surface area contributed by atoms with Crippen LogP contribution in [0.15, 0.2) is 36.9 Å². The fraction of sp³-hybridized carbons (Fsp3) is 0.429. The van der Waals surface area contributed by atoms with Gasteiger partial charge >= 0.3 is 0 Å². The van der Waals surface area contributed by atoms with E-state index in [1.807, 2.05) is 18.2 Å². The molecule has 1 aliphatic rings. The van der Waals surface area contributed by atoms with E-state index in [1.165, 1.54) is 18.5 Å². The molecule has 2 heteroatoms. The van der Waals surface area contributed by atoms with Gasteiger partial charge in [-0.25, -0.2) is 0 Å². The minimum absolute atomic E-state index is 0.386. The van der Waals surface area contributed by atoms with Gasteiger partial charge in [-0.3, -0.25) is 0 Å². The zero-order valence-corrected chi connectivity index (χ0v) is 9.76. The summed E-state index contributed by atoms with van der Waals surface area (Å²) in [6.45, 7) is 6.49. The highest BCUT2D eigenvalue weighted by atomic mass is 16.3. The zero-order valence-electron chi connectivity index (χ0n) is 9.76. The standard InChI is InChI=1S/C14H19NO/c1-3-10-15(14-8-9-14)13-6-4-12(5-7-13)11(2)16/h3-7,11,14,16H,1,8-10H2,2H3/t11-/m0/s1. The van der Waals surface area contributed by atoms with Crippen molar-refractivity contribution in [3.8, 4) is 0 Å². The van der Waals surface area contributed by atoms with Crippen molar-refractivity contribution in [1.82, 2.24) is 0 Å². The molecule has 1 aromatic carbocycles. The van der Waals surface area contributed by atoms with Crippen molar-refractivity contribution in [3.63, 3.8) is 0 Å². The number of rotatable bonds is 5. The lowest BCUT2D eigenvalue weighted by molar-refractivity contribution is 0.199. The minimum atomic E-state index is -0.386. The highest BCUT2D eigenvalue weighted by Gasteiger charge is 2.28. The average molecular weight is 217 g/mol. The van der Waals surface area contributed by atoms with E-state index in [9.17, 15) is 5.11 Å². The van der Waals surface area contributed by atoms with Gasteiger partial charge < -0.3 is 10.0 Å². The van der Waals surface area contributed by atoms with E-state index in [0.29, 0.717) is 6.04 Å². The van der Waals surface area contributed by atoms with E-state index >= 15 is 0 Å². The summed E-state index contributed by atoms with van der Waals surface area (Å²) < 4.78 is 0. The van der Waals surface area contributed by atoms with Crippen LogP contribution in [0.2, 0.25) is 0 Å². The highest BCUT2D eigenvalue weighted by Crippen LogP contribution is 2.31. The Kier molecular flexibility index (Phi) is 3.30. The van der Waals surface area contributed by atoms with Gasteiger partial charge in [0.1, 0.15) is 0 Å². The number of aliphatic hydroxyl groups is 1. The predicted octanol–water partition coefficient (Wildman–Crippen LogP) is 2.89. The lowest BCUT2D eigenvalue weighted by atomic mass is 10.1. The van der Waals surface area contributed by atoms with Crippen LogP contribution < -0.4 is 4.90 Å². The third kappa shape index (κ3) is 2.45. The van der Waals surface area contributed by atoms with E-state index in [-0.39, 0.29) is 6.10 Å². The first-order valence-corrected chi connectivity index (χ1v) is 5.88. The summed E-state index contributed by atoms with van der Waals surface area (Å²) in [6.07, 6.45) is 4.13. The molecule has 2 nitrogen and oxygen atoms in total. The van der Waals surface area contributed by atoms with Crippen LogP contribution in [-0.4, -0.2) is 17.7 Å². The molecule has 0 radical (unpaired) electrons. The molecular formula is C14H19NO. The Balaban J connectivity index is 2.14. The molecule has 0 aromatic heterocycles. The maximum Gasteiger partial charge on any atom is 0.0761 e. The number of hydrogen-bond acceptors (Lipinski definition) is 2. The van der Waals surface area contributed by atoms with Gasteiger partial charge in [0.25, 0.3) is 0 Å². The highest BCUT2D eigenvalue weighted by molar-refractivity contribution is 5.50. The summed E-state index contributed by atoms with van der Waals surface area (Å²) in [4.78, 5) is 2.37. The Morgan fingerprint density at radius 2 is 2.06 bits per heavy atom. The maximum absolute atomic E-state index is 9.45. The lowest BCUT2D eigenvalue weighted by Crippen LogP contribution is -2.25. The molecule has 0 spiro atoms. The van der Waals surface area contributed by atoms with Crippen LogP contribution in [-0.2, 0) is 0 Å². The van der Waals surface area contributed by atoms with Crippen LogP contribution in [0, 0.1) is 0 Å². The van der Waals surface area contributed by atoms with Crippen molar-refractivity contribution in [2.75, 3.05) is 11.4 Å². The molecule has 1 aromatic rings. The minimum Gasteiger partial charge on any atom is -0.389 e. The summed E-state index contributed by atoms with van der Waals surface area (Å²) in [5, 5.41) is 9.45. The molecule has 0 saturated heterocycles. The van der Waals surface area contributed by atoms with E-state index in [1.54, 1.807) is 6.92 Å². The van der Waals surface area contributed by atoms with Crippen LogP contribution in [0.4, 0.5) is 5.69 Å². The number of benzene rings is 1. The van der Waals surface area contributed by atoms with Gasteiger partial charge in [-0.1, -0.05) is 18.2 Å². The number of hydrogen-bond donors (Lipinski definition) is 1. The zero-order chi connectivity index (χ0) is 11.5. The Morgan fingerprint density at radius 1 is 1.44 bits per heavy atom. The number of anilines is 1. The normalized spacial score (nSPS) is 16.9. The lowest BCUT2D eigenvalue weighted by Gasteiger charge is -2.23. The summed E-state index contributed by atoms with van der Waals surface area (Å²) in [6, 6.07) is 8.86. The van der Waals surface area contributed by atoms with Crippen molar-refractivity contribution in [2.45, 2.75) is 31.9 Å². The molecular weight excluding hydrogens is 198 g/mol. The largest absolute Gasteiger partial charge is 0.389 e. The molecule has 1 aliphatic carbocycles. The Morgan fingerprint density at radius 3 is 2.50 bits per heavy atom. The van der Waals surface area contributed by atoms with Gasteiger partial charge in [0, 0.05) is 18.3 Å². The first kappa shape index (κ1) is 11.2. The molecule has 0 aliphatic heterocycles.